The number of nitrogens with one attached hydrogen (secondary N) is 1. The zero-order chi connectivity index (χ0) is 24.0. The maximum absolute atomic E-state index is 13.5. The van der Waals surface area contributed by atoms with Gasteiger partial charge in [-0.05, 0) is 48.9 Å². The van der Waals surface area contributed by atoms with Gasteiger partial charge in [-0.2, -0.15) is 0 Å². The molecule has 2 aromatic rings. The minimum Gasteiger partial charge on any atom is -0.367 e. The minimum atomic E-state index is -1.06. The molecule has 4 nitrogen and oxygen atoms in total. The number of rotatable bonds is 7. The van der Waals surface area contributed by atoms with Crippen molar-refractivity contribution in [3.05, 3.63) is 94.0 Å². The van der Waals surface area contributed by atoms with E-state index in [0.29, 0.717) is 22.3 Å². The Labute approximate surface area is 202 Å². The average Bonchev–Trinajstić information content (AvgIpc) is 2.81. The van der Waals surface area contributed by atoms with Crippen molar-refractivity contribution in [1.29, 1.82) is 0 Å². The fourth-order valence-electron chi connectivity index (χ4n) is 3.55. The molecule has 1 aliphatic heterocycles. The van der Waals surface area contributed by atoms with Crippen LogP contribution in [-0.4, -0.2) is 43.5 Å². The molecule has 0 spiro atoms. The van der Waals surface area contributed by atoms with Gasteiger partial charge in [0.25, 0.3) is 5.91 Å². The number of carbonyl (C=O) groups excluding carboxylic acids is 1. The van der Waals surface area contributed by atoms with E-state index in [9.17, 15) is 13.6 Å². The van der Waals surface area contributed by atoms with Crippen LogP contribution in [0.15, 0.2) is 76.8 Å². The zero-order valence-corrected chi connectivity index (χ0v) is 19.8. The Bertz CT molecular complexity index is 1090. The van der Waals surface area contributed by atoms with Gasteiger partial charge in [-0.15, -0.1) is 0 Å². The quantitative estimate of drug-likeness (QED) is 0.471. The van der Waals surface area contributed by atoms with Crippen molar-refractivity contribution in [3.63, 3.8) is 0 Å². The third-order valence-electron chi connectivity index (χ3n) is 5.29. The van der Waals surface area contributed by atoms with E-state index in [4.69, 9.17) is 23.2 Å². The number of nitrogens with zero attached hydrogens (tertiary/aromatic N) is 2. The van der Waals surface area contributed by atoms with Crippen LogP contribution >= 0.6 is 23.2 Å². The maximum atomic E-state index is 13.5. The van der Waals surface area contributed by atoms with Crippen molar-refractivity contribution < 1.29 is 13.6 Å². The number of allylic oxidation sites excluding steroid dienone is 3. The molecule has 0 aliphatic carbocycles. The highest BCUT2D eigenvalue weighted by Gasteiger charge is 2.20. The van der Waals surface area contributed by atoms with E-state index >= 15 is 0 Å². The summed E-state index contributed by atoms with van der Waals surface area (Å²) in [5.41, 5.74) is 2.40. The molecule has 174 valence electrons. The average molecular weight is 492 g/mol. The Morgan fingerprint density at radius 1 is 1.06 bits per heavy atom. The molecular formula is C25H25Cl2F2N3O. The van der Waals surface area contributed by atoms with Gasteiger partial charge in [-0.3, -0.25) is 9.69 Å². The second kappa shape index (κ2) is 11.5. The van der Waals surface area contributed by atoms with Gasteiger partial charge < -0.3 is 10.2 Å². The Hall–Kier alpha value is -2.67. The number of piperazine rings is 1. The van der Waals surface area contributed by atoms with Gasteiger partial charge in [-0.25, -0.2) is 8.78 Å². The lowest BCUT2D eigenvalue weighted by Gasteiger charge is -2.37. The van der Waals surface area contributed by atoms with Gasteiger partial charge in [-0.1, -0.05) is 48.0 Å². The summed E-state index contributed by atoms with van der Waals surface area (Å²) in [5, 5.41) is 3.77. The van der Waals surface area contributed by atoms with Crippen molar-refractivity contribution in [1.82, 2.24) is 4.90 Å². The summed E-state index contributed by atoms with van der Waals surface area (Å²) < 4.78 is 26.7. The van der Waals surface area contributed by atoms with Gasteiger partial charge in [0.2, 0.25) is 0 Å². The van der Waals surface area contributed by atoms with Crippen LogP contribution in [0.2, 0.25) is 0 Å². The Kier molecular flexibility index (Phi) is 8.67. The van der Waals surface area contributed by atoms with Crippen LogP contribution in [0.25, 0.3) is 0 Å². The van der Waals surface area contributed by atoms with E-state index in [0.717, 1.165) is 49.6 Å². The maximum Gasteiger partial charge on any atom is 0.255 e. The fraction of sp³-hybridized carbons (Fsp3) is 0.240. The molecule has 0 aromatic heterocycles. The van der Waals surface area contributed by atoms with Crippen molar-refractivity contribution in [2.24, 2.45) is 0 Å². The first kappa shape index (κ1) is 25.0. The minimum absolute atomic E-state index is 0.0526. The largest absolute Gasteiger partial charge is 0.367 e. The molecule has 1 fully saturated rings. The Morgan fingerprint density at radius 3 is 2.42 bits per heavy atom. The third-order valence-corrected chi connectivity index (χ3v) is 6.12. The third kappa shape index (κ3) is 6.67. The van der Waals surface area contributed by atoms with E-state index in [1.165, 1.54) is 6.07 Å². The molecule has 1 amide bonds. The summed E-state index contributed by atoms with van der Waals surface area (Å²) in [6, 6.07) is 10.5. The first-order chi connectivity index (χ1) is 15.8. The number of benzene rings is 2. The zero-order valence-electron chi connectivity index (χ0n) is 18.3. The molecule has 33 heavy (non-hydrogen) atoms. The highest BCUT2D eigenvalue weighted by Crippen LogP contribution is 2.28. The van der Waals surface area contributed by atoms with Gasteiger partial charge in [0, 0.05) is 38.3 Å². The molecule has 0 radical (unpaired) electrons. The fourth-order valence-corrected chi connectivity index (χ4v) is 3.87. The van der Waals surface area contributed by atoms with Crippen molar-refractivity contribution in [3.8, 4) is 0 Å². The predicted octanol–water partition coefficient (Wildman–Crippen LogP) is 6.16. The summed E-state index contributed by atoms with van der Waals surface area (Å²) in [5.74, 6) is -2.55. The number of anilines is 2. The standard InChI is InChI=1S/C25H25Cl2F2N3O/c1-3-19(26)20(27)14-17(2)16-31-10-12-32(13-11-31)24-7-5-4-6-23(24)30-25(33)18-8-9-21(28)22(29)15-18/h3-9,14-15H,2,10-13,16H2,1H3,(H,30,33)/b19-3+,20-14+. The van der Waals surface area contributed by atoms with E-state index < -0.39 is 17.5 Å². The molecule has 1 saturated heterocycles. The predicted molar refractivity (Wildman–Crippen MR) is 132 cm³/mol. The van der Waals surface area contributed by atoms with E-state index in [2.05, 4.69) is 21.7 Å². The van der Waals surface area contributed by atoms with E-state index in [1.54, 1.807) is 18.2 Å². The molecule has 1 heterocycles. The van der Waals surface area contributed by atoms with Gasteiger partial charge in [0.05, 0.1) is 21.4 Å². The van der Waals surface area contributed by atoms with E-state index in [1.807, 2.05) is 25.1 Å². The SMILES string of the molecule is C=C(/C=C(Cl)\C(Cl)=C/C)CN1CCN(c2ccccc2NC(=O)c2ccc(F)c(F)c2)CC1. The second-order valence-electron chi connectivity index (χ2n) is 7.65. The van der Waals surface area contributed by atoms with Crippen LogP contribution in [0.1, 0.15) is 17.3 Å². The van der Waals surface area contributed by atoms with Gasteiger partial charge in [0.15, 0.2) is 11.6 Å². The molecule has 1 N–H and O–H groups in total. The number of amides is 1. The molecule has 0 bridgehead atoms. The highest BCUT2D eigenvalue weighted by atomic mass is 35.5. The van der Waals surface area contributed by atoms with Crippen molar-refractivity contribution >= 4 is 40.5 Å². The monoisotopic (exact) mass is 491 g/mol. The molecule has 8 heteroatoms. The molecule has 0 unspecified atom stereocenters. The number of carbonyl (C=O) groups is 1. The van der Waals surface area contributed by atoms with E-state index in [-0.39, 0.29) is 5.56 Å². The first-order valence-electron chi connectivity index (χ1n) is 10.5. The summed E-state index contributed by atoms with van der Waals surface area (Å²) >= 11 is 12.2. The summed E-state index contributed by atoms with van der Waals surface area (Å²) in [7, 11) is 0. The van der Waals surface area contributed by atoms with Crippen LogP contribution in [0, 0.1) is 11.6 Å². The molecule has 3 rings (SSSR count). The molecule has 1 aliphatic rings. The van der Waals surface area contributed by atoms with Crippen LogP contribution in [-0.2, 0) is 0 Å². The van der Waals surface area contributed by atoms with Gasteiger partial charge >= 0.3 is 0 Å². The lowest BCUT2D eigenvalue weighted by Crippen LogP contribution is -2.47. The molecule has 0 atom stereocenters. The molecule has 0 saturated carbocycles. The van der Waals surface area contributed by atoms with Crippen molar-refractivity contribution in [2.45, 2.75) is 6.92 Å². The van der Waals surface area contributed by atoms with Crippen LogP contribution in [0.5, 0.6) is 0 Å². The second-order valence-corrected chi connectivity index (χ2v) is 8.46. The number of halogens is 4. The summed E-state index contributed by atoms with van der Waals surface area (Å²) in [6.07, 6.45) is 3.51. The highest BCUT2D eigenvalue weighted by molar-refractivity contribution is 6.44. The van der Waals surface area contributed by atoms with Crippen LogP contribution in [0.4, 0.5) is 20.2 Å². The Morgan fingerprint density at radius 2 is 1.76 bits per heavy atom. The normalized spacial score (nSPS) is 15.5. The number of hydrogen-bond acceptors (Lipinski definition) is 3. The number of para-hydroxylation sites is 2. The number of hydrogen-bond donors (Lipinski definition) is 1. The van der Waals surface area contributed by atoms with Crippen LogP contribution in [0.3, 0.4) is 0 Å². The lowest BCUT2D eigenvalue weighted by atomic mass is 10.1. The lowest BCUT2D eigenvalue weighted by molar-refractivity contribution is 0.102. The van der Waals surface area contributed by atoms with Crippen molar-refractivity contribution in [2.75, 3.05) is 42.9 Å². The van der Waals surface area contributed by atoms with Crippen LogP contribution < -0.4 is 10.2 Å². The molecule has 2 aromatic carbocycles. The summed E-state index contributed by atoms with van der Waals surface area (Å²) in [6.45, 7) is 9.66. The summed E-state index contributed by atoms with van der Waals surface area (Å²) in [4.78, 5) is 17.0. The van der Waals surface area contributed by atoms with Gasteiger partial charge in [0.1, 0.15) is 0 Å². The Balaban J connectivity index is 1.62. The smallest absolute Gasteiger partial charge is 0.255 e. The topological polar surface area (TPSA) is 35.6 Å². The molecular weight excluding hydrogens is 467 g/mol. The first-order valence-corrected chi connectivity index (χ1v) is 11.2.